The van der Waals surface area contributed by atoms with E-state index in [4.69, 9.17) is 4.74 Å². The molecule has 4 rings (SSSR count). The van der Waals surface area contributed by atoms with Crippen molar-refractivity contribution in [1.29, 1.82) is 0 Å². The first kappa shape index (κ1) is 18.2. The standard InChI is InChI=1S/C19H18F2N2O3S/c20-12-2-1-3-13(21)16(12)18(25)26-7-6-15-17(24)23-19(27-15)22-14-9-10-4-5-11(14)8-10/h1-5,10-11,14-15H,6-9H2,(H,22,23,24). The fourth-order valence-electron chi connectivity index (χ4n) is 3.73. The van der Waals surface area contributed by atoms with Gasteiger partial charge in [-0.05, 0) is 36.8 Å². The number of benzene rings is 1. The molecule has 4 atom stereocenters. The van der Waals surface area contributed by atoms with Crippen LogP contribution in [0.2, 0.25) is 0 Å². The van der Waals surface area contributed by atoms with Crippen molar-refractivity contribution < 1.29 is 23.1 Å². The largest absolute Gasteiger partial charge is 0.462 e. The van der Waals surface area contributed by atoms with Gasteiger partial charge in [-0.2, -0.15) is 0 Å². The molecule has 2 aliphatic carbocycles. The lowest BCUT2D eigenvalue weighted by molar-refractivity contribution is -0.119. The number of nitrogens with one attached hydrogen (secondary N) is 1. The summed E-state index contributed by atoms with van der Waals surface area (Å²) in [7, 11) is 0. The topological polar surface area (TPSA) is 67.8 Å². The molecular weight excluding hydrogens is 374 g/mol. The van der Waals surface area contributed by atoms with Crippen LogP contribution in [0.15, 0.2) is 35.3 Å². The molecular formula is C19H18F2N2O3S. The molecule has 1 aliphatic heterocycles. The van der Waals surface area contributed by atoms with Crippen LogP contribution in [0.3, 0.4) is 0 Å². The Morgan fingerprint density at radius 3 is 2.70 bits per heavy atom. The molecule has 1 saturated carbocycles. The van der Waals surface area contributed by atoms with E-state index < -0.39 is 28.4 Å². The van der Waals surface area contributed by atoms with E-state index in [-0.39, 0.29) is 25.0 Å². The first-order valence-electron chi connectivity index (χ1n) is 8.86. The van der Waals surface area contributed by atoms with Gasteiger partial charge < -0.3 is 10.1 Å². The summed E-state index contributed by atoms with van der Waals surface area (Å²) in [5.41, 5.74) is -0.715. The second-order valence-corrected chi connectivity index (χ2v) is 8.09. The van der Waals surface area contributed by atoms with E-state index in [1.807, 2.05) is 0 Å². The van der Waals surface area contributed by atoms with Gasteiger partial charge in [-0.25, -0.2) is 13.6 Å². The van der Waals surface area contributed by atoms with Gasteiger partial charge in [0.2, 0.25) is 5.91 Å². The highest BCUT2D eigenvalue weighted by Gasteiger charge is 2.37. The maximum Gasteiger partial charge on any atom is 0.344 e. The van der Waals surface area contributed by atoms with E-state index in [9.17, 15) is 18.4 Å². The van der Waals surface area contributed by atoms with Crippen LogP contribution >= 0.6 is 11.8 Å². The summed E-state index contributed by atoms with van der Waals surface area (Å²) in [6.07, 6.45) is 6.82. The van der Waals surface area contributed by atoms with Crippen LogP contribution in [-0.4, -0.2) is 34.9 Å². The van der Waals surface area contributed by atoms with Crippen molar-refractivity contribution >= 4 is 28.8 Å². The third kappa shape index (κ3) is 3.76. The molecule has 27 heavy (non-hydrogen) atoms. The van der Waals surface area contributed by atoms with E-state index >= 15 is 0 Å². The molecule has 3 aliphatic rings. The Balaban J connectivity index is 1.29. The minimum Gasteiger partial charge on any atom is -0.462 e. The van der Waals surface area contributed by atoms with Crippen LogP contribution in [0.1, 0.15) is 29.6 Å². The summed E-state index contributed by atoms with van der Waals surface area (Å²) in [5, 5.41) is 2.93. The van der Waals surface area contributed by atoms with Crippen LogP contribution in [0.25, 0.3) is 0 Å². The molecule has 2 bridgehead atoms. The first-order chi connectivity index (χ1) is 13.0. The number of carbonyl (C=O) groups is 2. The maximum atomic E-state index is 13.6. The lowest BCUT2D eigenvalue weighted by Gasteiger charge is -2.13. The SMILES string of the molecule is O=C(OCCC1SC(=NC2CC3C=CC2C3)NC1=O)c1c(F)cccc1F. The highest BCUT2D eigenvalue weighted by molar-refractivity contribution is 8.15. The number of esters is 1. The minimum atomic E-state index is -1.07. The molecule has 1 aromatic rings. The summed E-state index contributed by atoms with van der Waals surface area (Å²) >= 11 is 1.31. The second kappa shape index (κ2) is 7.42. The van der Waals surface area contributed by atoms with E-state index in [0.717, 1.165) is 25.0 Å². The number of rotatable bonds is 5. The number of fused-ring (bicyclic) bond motifs is 2. The van der Waals surface area contributed by atoms with Crippen LogP contribution in [0.5, 0.6) is 0 Å². The van der Waals surface area contributed by atoms with Crippen LogP contribution < -0.4 is 5.32 Å². The van der Waals surface area contributed by atoms with Gasteiger partial charge in [0.25, 0.3) is 0 Å². The summed E-state index contributed by atoms with van der Waals surface area (Å²) in [6, 6.07) is 3.37. The average molecular weight is 392 g/mol. The number of nitrogens with zero attached hydrogens (tertiary/aromatic N) is 1. The quantitative estimate of drug-likeness (QED) is 0.618. The fourth-order valence-corrected chi connectivity index (χ4v) is 4.74. The third-order valence-corrected chi connectivity index (χ3v) is 6.25. The van der Waals surface area contributed by atoms with Crippen LogP contribution in [0.4, 0.5) is 8.78 Å². The number of carbonyl (C=O) groups excluding carboxylic acids is 2. The number of hydrogen-bond acceptors (Lipinski definition) is 5. The number of aliphatic imine (C=N–C) groups is 1. The summed E-state index contributed by atoms with van der Waals surface area (Å²) in [4.78, 5) is 28.6. The molecule has 4 unspecified atom stereocenters. The smallest absolute Gasteiger partial charge is 0.344 e. The van der Waals surface area contributed by atoms with Gasteiger partial charge in [-0.3, -0.25) is 9.79 Å². The molecule has 1 saturated heterocycles. The molecule has 8 heteroatoms. The van der Waals surface area contributed by atoms with Gasteiger partial charge in [0.15, 0.2) is 5.17 Å². The first-order valence-corrected chi connectivity index (χ1v) is 9.74. The van der Waals surface area contributed by atoms with Gasteiger partial charge in [-0.15, -0.1) is 0 Å². The normalized spacial score (nSPS) is 30.1. The Labute approximate surface area is 159 Å². The number of allylic oxidation sites excluding steroid dienone is 1. The number of amides is 1. The Kier molecular flexibility index (Phi) is 4.99. The van der Waals surface area contributed by atoms with E-state index in [0.29, 0.717) is 17.0 Å². The van der Waals surface area contributed by atoms with Crippen molar-refractivity contribution in [2.24, 2.45) is 16.8 Å². The van der Waals surface area contributed by atoms with Gasteiger partial charge in [-0.1, -0.05) is 30.0 Å². The third-order valence-electron chi connectivity index (χ3n) is 5.08. The summed E-state index contributed by atoms with van der Waals surface area (Å²) in [6.45, 7) is -0.109. The van der Waals surface area contributed by atoms with Gasteiger partial charge in [0, 0.05) is 6.42 Å². The summed E-state index contributed by atoms with van der Waals surface area (Å²) in [5.74, 6) is -2.15. The maximum absolute atomic E-state index is 13.6. The predicted molar refractivity (Wildman–Crippen MR) is 97.4 cm³/mol. The molecule has 1 amide bonds. The van der Waals surface area contributed by atoms with Gasteiger partial charge >= 0.3 is 5.97 Å². The molecule has 5 nitrogen and oxygen atoms in total. The van der Waals surface area contributed by atoms with Crippen molar-refractivity contribution in [3.8, 4) is 0 Å². The van der Waals surface area contributed by atoms with Gasteiger partial charge in [0.05, 0.1) is 17.9 Å². The number of hydrogen-bond donors (Lipinski definition) is 1. The molecule has 0 aromatic heterocycles. The van der Waals surface area contributed by atoms with Crippen molar-refractivity contribution in [1.82, 2.24) is 5.32 Å². The Bertz CT molecular complexity index is 822. The zero-order valence-electron chi connectivity index (χ0n) is 14.4. The molecule has 142 valence electrons. The predicted octanol–water partition coefficient (Wildman–Crippen LogP) is 3.06. The zero-order chi connectivity index (χ0) is 19.0. The average Bonchev–Trinajstić information content (AvgIpc) is 3.31. The zero-order valence-corrected chi connectivity index (χ0v) is 15.2. The van der Waals surface area contributed by atoms with Crippen molar-refractivity contribution in [3.63, 3.8) is 0 Å². The highest BCUT2D eigenvalue weighted by atomic mass is 32.2. The molecule has 1 aromatic carbocycles. The number of halogens is 2. The number of ether oxygens (including phenoxy) is 1. The minimum absolute atomic E-state index is 0.109. The van der Waals surface area contributed by atoms with Crippen molar-refractivity contribution in [3.05, 3.63) is 47.5 Å². The number of amidine groups is 1. The molecule has 1 N–H and O–H groups in total. The lowest BCUT2D eigenvalue weighted by Crippen LogP contribution is -2.27. The van der Waals surface area contributed by atoms with Crippen LogP contribution in [0, 0.1) is 23.5 Å². The monoisotopic (exact) mass is 392 g/mol. The second-order valence-electron chi connectivity index (χ2n) is 6.90. The van der Waals surface area contributed by atoms with Gasteiger partial charge in [0.1, 0.15) is 17.2 Å². The molecule has 0 spiro atoms. The Hall–Kier alpha value is -2.22. The fraction of sp³-hybridized carbons (Fsp3) is 0.421. The van der Waals surface area contributed by atoms with Crippen molar-refractivity contribution in [2.45, 2.75) is 30.6 Å². The summed E-state index contributed by atoms with van der Waals surface area (Å²) < 4.78 is 32.1. The van der Waals surface area contributed by atoms with Crippen molar-refractivity contribution in [2.75, 3.05) is 6.61 Å². The number of thioether (sulfide) groups is 1. The van der Waals surface area contributed by atoms with E-state index in [1.54, 1.807) is 0 Å². The Morgan fingerprint density at radius 1 is 1.26 bits per heavy atom. The van der Waals surface area contributed by atoms with Crippen LogP contribution in [-0.2, 0) is 9.53 Å². The lowest BCUT2D eigenvalue weighted by atomic mass is 10.0. The Morgan fingerprint density at radius 2 is 2.04 bits per heavy atom. The molecule has 1 heterocycles. The highest BCUT2D eigenvalue weighted by Crippen LogP contribution is 2.41. The molecule has 0 radical (unpaired) electrons. The molecule has 2 fully saturated rings. The van der Waals surface area contributed by atoms with E-state index in [1.165, 1.54) is 17.8 Å². The van der Waals surface area contributed by atoms with E-state index in [2.05, 4.69) is 22.5 Å².